The number of amides is 5. The molecule has 352 valence electrons. The van der Waals surface area contributed by atoms with Gasteiger partial charge in [-0.2, -0.15) is 0 Å². The fourth-order valence-corrected chi connectivity index (χ4v) is 12.2. The molecule has 2 unspecified atom stereocenters. The highest BCUT2D eigenvalue weighted by molar-refractivity contribution is 6.00. The molecule has 0 radical (unpaired) electrons. The Kier molecular flexibility index (Phi) is 18.3. The number of fused-ring (bicyclic) bond motifs is 5. The molecule has 7 N–H and O–H groups in total. The van der Waals surface area contributed by atoms with E-state index in [-0.39, 0.29) is 42.8 Å². The van der Waals surface area contributed by atoms with Crippen LogP contribution in [-0.2, 0) is 35.3 Å². The minimum Gasteiger partial charge on any atom is -0.392 e. The first-order chi connectivity index (χ1) is 30.0. The molecule has 4 aliphatic carbocycles. The Morgan fingerprint density at radius 2 is 1.60 bits per heavy atom. The zero-order valence-electron chi connectivity index (χ0n) is 39.6. The van der Waals surface area contributed by atoms with Gasteiger partial charge in [0, 0.05) is 31.7 Å². The summed E-state index contributed by atoms with van der Waals surface area (Å²) < 4.78 is 6.41. The number of hydrogen-bond acceptors (Lipinski definition) is 7. The van der Waals surface area contributed by atoms with E-state index in [0.29, 0.717) is 42.7 Å². The van der Waals surface area contributed by atoms with E-state index in [1.54, 1.807) is 36.8 Å². The first-order valence-electron chi connectivity index (χ1n) is 24.4. The second-order valence-electron chi connectivity index (χ2n) is 20.7. The third-order valence-corrected chi connectivity index (χ3v) is 16.1. The SMILES string of the molecule is CC[C@H](C)[C@H](NC(=O)CCC(=O)NCCCO[C@H]1CC[C@@]2(C)C(=CC[C@H]3[C@@H]4CC[C@H](C(C)CCCC(C)C)[C@@]4(C)CC[C@@H]32)C1)C(=O)NC(CC(N)=O)C(=O)Nc1ccc(CO)cc1. The van der Waals surface area contributed by atoms with E-state index in [0.717, 1.165) is 48.3 Å². The number of carbonyl (C=O) groups is 5. The number of anilines is 1. The quantitative estimate of drug-likeness (QED) is 0.0480. The predicted octanol–water partition coefficient (Wildman–Crippen LogP) is 7.72. The first-order valence-corrected chi connectivity index (χ1v) is 24.4. The molecule has 11 atom stereocenters. The van der Waals surface area contributed by atoms with Crippen LogP contribution in [0.2, 0.25) is 0 Å². The Hall–Kier alpha value is -3.77. The Balaban J connectivity index is 1.02. The molecule has 4 aliphatic rings. The summed E-state index contributed by atoms with van der Waals surface area (Å²) in [4.78, 5) is 64.1. The summed E-state index contributed by atoms with van der Waals surface area (Å²) in [6.45, 7) is 17.0. The number of hydrogen-bond donors (Lipinski definition) is 6. The van der Waals surface area contributed by atoms with E-state index in [1.807, 2.05) is 6.92 Å². The smallest absolute Gasteiger partial charge is 0.247 e. The van der Waals surface area contributed by atoms with Crippen LogP contribution >= 0.6 is 0 Å². The first kappa shape index (κ1) is 50.2. The van der Waals surface area contributed by atoms with Gasteiger partial charge < -0.3 is 36.8 Å². The van der Waals surface area contributed by atoms with Gasteiger partial charge in [-0.3, -0.25) is 24.0 Å². The van der Waals surface area contributed by atoms with Crippen molar-refractivity contribution < 1.29 is 33.8 Å². The van der Waals surface area contributed by atoms with Gasteiger partial charge in [-0.25, -0.2) is 0 Å². The molecule has 0 saturated heterocycles. The van der Waals surface area contributed by atoms with Crippen molar-refractivity contribution in [3.05, 3.63) is 41.5 Å². The van der Waals surface area contributed by atoms with Crippen LogP contribution in [0.1, 0.15) is 157 Å². The van der Waals surface area contributed by atoms with Crippen LogP contribution in [0.25, 0.3) is 0 Å². The van der Waals surface area contributed by atoms with Crippen LogP contribution in [0.4, 0.5) is 5.69 Å². The number of ether oxygens (including phenoxy) is 1. The van der Waals surface area contributed by atoms with E-state index in [4.69, 9.17) is 10.5 Å². The van der Waals surface area contributed by atoms with Crippen molar-refractivity contribution in [2.75, 3.05) is 18.5 Å². The second-order valence-corrected chi connectivity index (χ2v) is 20.7. The number of benzene rings is 1. The van der Waals surface area contributed by atoms with E-state index >= 15 is 0 Å². The van der Waals surface area contributed by atoms with Crippen LogP contribution in [0.5, 0.6) is 0 Å². The van der Waals surface area contributed by atoms with Gasteiger partial charge in [-0.15, -0.1) is 0 Å². The van der Waals surface area contributed by atoms with E-state index in [9.17, 15) is 29.1 Å². The number of nitrogens with two attached hydrogens (primary N) is 1. The molecule has 12 heteroatoms. The molecular formula is C51H81N5O7. The normalized spacial score (nSPS) is 28.3. The molecule has 5 amide bonds. The summed E-state index contributed by atoms with van der Waals surface area (Å²) in [5, 5.41) is 20.2. The lowest BCUT2D eigenvalue weighted by Crippen LogP contribution is -2.55. The van der Waals surface area contributed by atoms with Gasteiger partial charge in [0.05, 0.1) is 19.1 Å². The van der Waals surface area contributed by atoms with Crippen LogP contribution < -0.4 is 27.0 Å². The third-order valence-electron chi connectivity index (χ3n) is 16.1. The van der Waals surface area contributed by atoms with Crippen molar-refractivity contribution in [3.8, 4) is 0 Å². The van der Waals surface area contributed by atoms with E-state index in [1.165, 1.54) is 57.8 Å². The average Bonchev–Trinajstić information content (AvgIpc) is 3.61. The fourth-order valence-electron chi connectivity index (χ4n) is 12.2. The zero-order chi connectivity index (χ0) is 45.9. The molecule has 3 fully saturated rings. The minimum atomic E-state index is -1.28. The number of carbonyl (C=O) groups excluding carboxylic acids is 5. The fraction of sp³-hybridized carbons (Fsp3) is 0.745. The molecule has 0 aromatic heterocycles. The second kappa shape index (κ2) is 22.9. The molecule has 0 aliphatic heterocycles. The molecule has 3 saturated carbocycles. The number of aliphatic hydroxyl groups excluding tert-OH is 1. The summed E-state index contributed by atoms with van der Waals surface area (Å²) in [6, 6.07) is 4.17. The maximum Gasteiger partial charge on any atom is 0.247 e. The lowest BCUT2D eigenvalue weighted by atomic mass is 9.47. The Morgan fingerprint density at radius 1 is 0.873 bits per heavy atom. The lowest BCUT2D eigenvalue weighted by Gasteiger charge is -2.58. The lowest BCUT2D eigenvalue weighted by molar-refractivity contribution is -0.133. The zero-order valence-corrected chi connectivity index (χ0v) is 39.6. The Bertz CT molecular complexity index is 1750. The van der Waals surface area contributed by atoms with Crippen LogP contribution in [0, 0.1) is 52.3 Å². The largest absolute Gasteiger partial charge is 0.392 e. The van der Waals surface area contributed by atoms with E-state index in [2.05, 4.69) is 62.0 Å². The molecule has 12 nitrogen and oxygen atoms in total. The predicted molar refractivity (Wildman–Crippen MR) is 248 cm³/mol. The summed E-state index contributed by atoms with van der Waals surface area (Å²) in [6.07, 6.45) is 17.6. The number of nitrogens with one attached hydrogen (secondary N) is 4. The highest BCUT2D eigenvalue weighted by Crippen LogP contribution is 2.67. The van der Waals surface area contributed by atoms with Gasteiger partial charge in [-0.05, 0) is 128 Å². The topological polar surface area (TPSA) is 189 Å². The molecule has 1 aromatic carbocycles. The maximum atomic E-state index is 13.4. The number of rotatable bonds is 23. The minimum absolute atomic E-state index is 0.0428. The molecule has 5 rings (SSSR count). The van der Waals surface area contributed by atoms with Gasteiger partial charge in [-0.1, -0.05) is 97.9 Å². The Labute approximate surface area is 377 Å². The van der Waals surface area contributed by atoms with Crippen LogP contribution in [-0.4, -0.2) is 66.0 Å². The molecule has 63 heavy (non-hydrogen) atoms. The van der Waals surface area contributed by atoms with Crippen molar-refractivity contribution in [3.63, 3.8) is 0 Å². The number of allylic oxidation sites excluding steroid dienone is 1. The average molecular weight is 876 g/mol. The van der Waals surface area contributed by atoms with Crippen molar-refractivity contribution in [1.29, 1.82) is 0 Å². The standard InChI is InChI=1S/C51H81N5O7/c1-8-33(4)47(49(62)55-43(30-44(52)58)48(61)54-37-16-13-35(31-57)14-17-37)56-46(60)22-21-45(59)53-27-10-28-63-38-23-25-50(6)36(29-38)15-18-39-41-20-19-40(34(5)12-9-11-32(2)3)51(41,7)26-24-42(39)50/h13-17,32-34,38-43,47,57H,8-12,18-31H2,1-7H3,(H2,52,58)(H,53,59)(H,54,61)(H,55,62)(H,56,60)/t33-,34?,38-,39-,40+,41-,42-,43?,47-,50-,51+/m0/s1. The molecule has 0 heterocycles. The van der Waals surface area contributed by atoms with Gasteiger partial charge >= 0.3 is 0 Å². The maximum absolute atomic E-state index is 13.4. The van der Waals surface area contributed by atoms with Crippen molar-refractivity contribution in [1.82, 2.24) is 16.0 Å². The molecule has 1 aromatic rings. The van der Waals surface area contributed by atoms with E-state index < -0.39 is 42.1 Å². The summed E-state index contributed by atoms with van der Waals surface area (Å²) in [5.74, 6) is 1.83. The van der Waals surface area contributed by atoms with Crippen LogP contribution in [0.3, 0.4) is 0 Å². The van der Waals surface area contributed by atoms with Crippen molar-refractivity contribution in [2.24, 2.45) is 58.0 Å². The number of aliphatic hydroxyl groups is 1. The third kappa shape index (κ3) is 13.0. The molecular weight excluding hydrogens is 795 g/mol. The monoisotopic (exact) mass is 876 g/mol. The van der Waals surface area contributed by atoms with Gasteiger partial charge in [0.2, 0.25) is 29.5 Å². The molecule has 0 bridgehead atoms. The van der Waals surface area contributed by atoms with Crippen molar-refractivity contribution in [2.45, 2.75) is 176 Å². The van der Waals surface area contributed by atoms with Gasteiger partial charge in [0.15, 0.2) is 0 Å². The van der Waals surface area contributed by atoms with Gasteiger partial charge in [0.25, 0.3) is 0 Å². The number of primary amides is 1. The van der Waals surface area contributed by atoms with Crippen molar-refractivity contribution >= 4 is 35.2 Å². The highest BCUT2D eigenvalue weighted by atomic mass is 16.5. The summed E-state index contributed by atoms with van der Waals surface area (Å²) >= 11 is 0. The summed E-state index contributed by atoms with van der Waals surface area (Å²) in [5.41, 5.74) is 8.86. The highest BCUT2D eigenvalue weighted by Gasteiger charge is 2.59. The molecule has 0 spiro atoms. The summed E-state index contributed by atoms with van der Waals surface area (Å²) in [7, 11) is 0. The van der Waals surface area contributed by atoms with Crippen LogP contribution in [0.15, 0.2) is 35.9 Å². The van der Waals surface area contributed by atoms with Gasteiger partial charge in [0.1, 0.15) is 12.1 Å². The Morgan fingerprint density at radius 3 is 2.29 bits per heavy atom.